The largest absolute Gasteiger partial charge is 0.326 e. The van der Waals surface area contributed by atoms with Gasteiger partial charge in [-0.25, -0.2) is 13.4 Å². The molecular weight excluding hydrogens is 430 g/mol. The van der Waals surface area contributed by atoms with E-state index in [-0.39, 0.29) is 11.8 Å². The molecule has 0 unspecified atom stereocenters. The van der Waals surface area contributed by atoms with Gasteiger partial charge in [-0.2, -0.15) is 4.31 Å². The first kappa shape index (κ1) is 21.7. The molecule has 0 saturated carbocycles. The Morgan fingerprint density at radius 3 is 2.42 bits per heavy atom. The number of carbonyl (C=O) groups is 1. The maximum Gasteiger partial charge on any atom is 0.243 e. The van der Waals surface area contributed by atoms with Crippen LogP contribution in [-0.2, 0) is 14.8 Å². The molecule has 1 aliphatic rings. The first-order valence-corrected chi connectivity index (χ1v) is 12.5. The van der Waals surface area contributed by atoms with Crippen molar-refractivity contribution in [2.24, 2.45) is 5.92 Å². The number of amides is 1. The van der Waals surface area contributed by atoms with Crippen LogP contribution in [0.25, 0.3) is 10.6 Å². The Labute approximate surface area is 187 Å². The summed E-state index contributed by atoms with van der Waals surface area (Å²) in [6.07, 6.45) is 2.78. The summed E-state index contributed by atoms with van der Waals surface area (Å²) >= 11 is 1.57. The van der Waals surface area contributed by atoms with Crippen molar-refractivity contribution in [3.05, 3.63) is 65.2 Å². The summed E-state index contributed by atoms with van der Waals surface area (Å²) < 4.78 is 27.6. The molecule has 2 aromatic carbocycles. The van der Waals surface area contributed by atoms with Gasteiger partial charge in [0.15, 0.2) is 0 Å². The fourth-order valence-corrected chi connectivity index (χ4v) is 6.21. The molecule has 1 N–H and O–H groups in total. The lowest BCUT2D eigenvalue weighted by Crippen LogP contribution is -2.41. The van der Waals surface area contributed by atoms with Crippen LogP contribution < -0.4 is 5.32 Å². The van der Waals surface area contributed by atoms with Gasteiger partial charge in [-0.3, -0.25) is 4.79 Å². The number of carbonyl (C=O) groups excluding carboxylic acids is 1. The zero-order chi connectivity index (χ0) is 22.0. The number of aromatic nitrogens is 1. The van der Waals surface area contributed by atoms with Gasteiger partial charge in [0.2, 0.25) is 15.9 Å². The average molecular weight is 456 g/mol. The van der Waals surface area contributed by atoms with E-state index in [9.17, 15) is 13.2 Å². The summed E-state index contributed by atoms with van der Waals surface area (Å²) in [5.41, 5.74) is 3.53. The number of aryl methyl sites for hydroxylation is 2. The highest BCUT2D eigenvalue weighted by Gasteiger charge is 2.32. The van der Waals surface area contributed by atoms with Crippen LogP contribution in [0.15, 0.2) is 58.9 Å². The molecule has 4 rings (SSSR count). The Morgan fingerprint density at radius 1 is 1.10 bits per heavy atom. The lowest BCUT2D eigenvalue weighted by molar-refractivity contribution is -0.120. The summed E-state index contributed by atoms with van der Waals surface area (Å²) in [6, 6.07) is 13.0. The normalized spacial score (nSPS) is 15.7. The van der Waals surface area contributed by atoms with Crippen LogP contribution in [0.3, 0.4) is 0 Å². The van der Waals surface area contributed by atoms with Crippen LogP contribution in [0.4, 0.5) is 5.69 Å². The average Bonchev–Trinajstić information content (AvgIpc) is 3.29. The van der Waals surface area contributed by atoms with Crippen molar-refractivity contribution in [1.82, 2.24) is 9.29 Å². The molecular formula is C23H25N3O3S2. The quantitative estimate of drug-likeness (QED) is 0.616. The standard InChI is InChI=1S/C23H25N3O3S2/c1-16-3-8-21(17(2)15-16)31(28,29)26-12-9-18(10-13-26)22(27)25-20-6-4-19(5-7-20)23-24-11-14-30-23/h3-8,11,14-15,18H,9-10,12-13H2,1-2H3,(H,25,27). The number of hydrogen-bond donors (Lipinski definition) is 1. The van der Waals surface area contributed by atoms with Crippen molar-refractivity contribution in [3.63, 3.8) is 0 Å². The molecule has 31 heavy (non-hydrogen) atoms. The molecule has 162 valence electrons. The minimum atomic E-state index is -3.55. The van der Waals surface area contributed by atoms with Crippen LogP contribution in [0, 0.1) is 19.8 Å². The molecule has 0 bridgehead atoms. The monoisotopic (exact) mass is 455 g/mol. The Hall–Kier alpha value is -2.55. The number of rotatable bonds is 5. The number of nitrogens with one attached hydrogen (secondary N) is 1. The smallest absolute Gasteiger partial charge is 0.243 e. The third kappa shape index (κ3) is 4.71. The highest BCUT2D eigenvalue weighted by atomic mass is 32.2. The predicted octanol–water partition coefficient (Wildman–Crippen LogP) is 4.47. The molecule has 0 atom stereocenters. The second-order valence-electron chi connectivity index (χ2n) is 7.85. The zero-order valence-corrected chi connectivity index (χ0v) is 19.2. The predicted molar refractivity (Wildman–Crippen MR) is 124 cm³/mol. The van der Waals surface area contributed by atoms with Crippen LogP contribution in [-0.4, -0.2) is 36.7 Å². The molecule has 1 saturated heterocycles. The van der Waals surface area contributed by atoms with Crippen LogP contribution in [0.5, 0.6) is 0 Å². The van der Waals surface area contributed by atoms with E-state index in [1.54, 1.807) is 23.6 Å². The third-order valence-electron chi connectivity index (χ3n) is 5.60. The lowest BCUT2D eigenvalue weighted by Gasteiger charge is -2.31. The van der Waals surface area contributed by atoms with Gasteiger partial charge in [-0.1, -0.05) is 17.7 Å². The van der Waals surface area contributed by atoms with Gasteiger partial charge in [-0.05, 0) is 62.6 Å². The Balaban J connectivity index is 1.36. The van der Waals surface area contributed by atoms with Gasteiger partial charge in [-0.15, -0.1) is 11.3 Å². The Bertz CT molecular complexity index is 1170. The highest BCUT2D eigenvalue weighted by Crippen LogP contribution is 2.28. The van der Waals surface area contributed by atoms with Crippen molar-refractivity contribution in [3.8, 4) is 10.6 Å². The van der Waals surface area contributed by atoms with E-state index in [2.05, 4.69) is 10.3 Å². The second kappa shape index (κ2) is 8.90. The number of benzene rings is 2. The van der Waals surface area contributed by atoms with Gasteiger partial charge < -0.3 is 5.32 Å². The number of nitrogens with zero attached hydrogens (tertiary/aromatic N) is 2. The molecule has 0 radical (unpaired) electrons. The van der Waals surface area contributed by atoms with E-state index in [4.69, 9.17) is 0 Å². The molecule has 8 heteroatoms. The zero-order valence-electron chi connectivity index (χ0n) is 17.5. The number of hydrogen-bond acceptors (Lipinski definition) is 5. The van der Waals surface area contributed by atoms with Gasteiger partial charge in [0.05, 0.1) is 4.90 Å². The Kier molecular flexibility index (Phi) is 6.22. The van der Waals surface area contributed by atoms with E-state index >= 15 is 0 Å². The third-order valence-corrected chi connectivity index (χ3v) is 8.49. The van der Waals surface area contributed by atoms with E-state index in [0.29, 0.717) is 30.8 Å². The van der Waals surface area contributed by atoms with E-state index in [1.807, 2.05) is 55.6 Å². The molecule has 1 aliphatic heterocycles. The summed E-state index contributed by atoms with van der Waals surface area (Å²) in [4.78, 5) is 17.3. The minimum Gasteiger partial charge on any atom is -0.326 e. The van der Waals surface area contributed by atoms with Crippen LogP contribution in [0.2, 0.25) is 0 Å². The van der Waals surface area contributed by atoms with Crippen LogP contribution >= 0.6 is 11.3 Å². The first-order chi connectivity index (χ1) is 14.8. The van der Waals surface area contributed by atoms with Crippen LogP contribution in [0.1, 0.15) is 24.0 Å². The number of piperidine rings is 1. The minimum absolute atomic E-state index is 0.0643. The first-order valence-electron chi connectivity index (χ1n) is 10.2. The number of thiazole rings is 1. The lowest BCUT2D eigenvalue weighted by atomic mass is 9.97. The number of anilines is 1. The molecule has 3 aromatic rings. The molecule has 1 amide bonds. The Morgan fingerprint density at radius 2 is 1.81 bits per heavy atom. The fourth-order valence-electron chi connectivity index (χ4n) is 3.89. The van der Waals surface area contributed by atoms with Crippen molar-refractivity contribution in [1.29, 1.82) is 0 Å². The summed E-state index contributed by atoms with van der Waals surface area (Å²) in [5.74, 6) is -0.269. The molecule has 2 heterocycles. The fraction of sp³-hybridized carbons (Fsp3) is 0.304. The van der Waals surface area contributed by atoms with Gasteiger partial charge in [0, 0.05) is 41.8 Å². The maximum absolute atomic E-state index is 13.0. The molecule has 1 fully saturated rings. The summed E-state index contributed by atoms with van der Waals surface area (Å²) in [6.45, 7) is 4.45. The highest BCUT2D eigenvalue weighted by molar-refractivity contribution is 7.89. The molecule has 0 spiro atoms. The van der Waals surface area contributed by atoms with Crippen molar-refractivity contribution in [2.45, 2.75) is 31.6 Å². The van der Waals surface area contributed by atoms with E-state index in [1.165, 1.54) is 4.31 Å². The van der Waals surface area contributed by atoms with Gasteiger partial charge in [0.25, 0.3) is 0 Å². The van der Waals surface area contributed by atoms with Crippen molar-refractivity contribution < 1.29 is 13.2 Å². The molecule has 1 aromatic heterocycles. The van der Waals surface area contributed by atoms with E-state index < -0.39 is 10.0 Å². The van der Waals surface area contributed by atoms with Gasteiger partial charge >= 0.3 is 0 Å². The molecule has 0 aliphatic carbocycles. The SMILES string of the molecule is Cc1ccc(S(=O)(=O)N2CCC(C(=O)Nc3ccc(-c4nccs4)cc3)CC2)c(C)c1. The maximum atomic E-state index is 13.0. The van der Waals surface area contributed by atoms with Crippen molar-refractivity contribution >= 4 is 33.0 Å². The van der Waals surface area contributed by atoms with Gasteiger partial charge in [0.1, 0.15) is 5.01 Å². The molecule has 6 nitrogen and oxygen atoms in total. The second-order valence-corrected chi connectivity index (χ2v) is 10.7. The van der Waals surface area contributed by atoms with Crippen molar-refractivity contribution in [2.75, 3.05) is 18.4 Å². The summed E-state index contributed by atoms with van der Waals surface area (Å²) in [7, 11) is -3.55. The number of sulfonamides is 1. The van der Waals surface area contributed by atoms with E-state index in [0.717, 1.165) is 27.4 Å². The topological polar surface area (TPSA) is 79.4 Å². The summed E-state index contributed by atoms with van der Waals surface area (Å²) in [5, 5.41) is 5.83.